The van der Waals surface area contributed by atoms with E-state index in [1.54, 1.807) is 13.0 Å². The lowest BCUT2D eigenvalue weighted by Crippen LogP contribution is -2.19. The van der Waals surface area contributed by atoms with Gasteiger partial charge in [0, 0.05) is 17.4 Å². The van der Waals surface area contributed by atoms with Gasteiger partial charge >= 0.3 is 0 Å². The summed E-state index contributed by atoms with van der Waals surface area (Å²) < 4.78 is 10.2. The van der Waals surface area contributed by atoms with Crippen molar-refractivity contribution < 1.29 is 13.8 Å². The van der Waals surface area contributed by atoms with Crippen molar-refractivity contribution >= 4 is 23.5 Å². The van der Waals surface area contributed by atoms with Crippen LogP contribution in [0, 0.1) is 20.8 Å². The Kier molecular flexibility index (Phi) is 5.23. The fourth-order valence-corrected chi connectivity index (χ4v) is 3.75. The SMILES string of the molecule is Cc1cc(NC(=O)[C@@H](SCc2c(C)noc2C)c2ccccc2)no1. The minimum Gasteiger partial charge on any atom is -0.361 e. The molecule has 25 heavy (non-hydrogen) atoms. The van der Waals surface area contributed by atoms with Gasteiger partial charge in [0.05, 0.1) is 5.69 Å². The van der Waals surface area contributed by atoms with Gasteiger partial charge in [-0.15, -0.1) is 11.8 Å². The Morgan fingerprint density at radius 2 is 1.92 bits per heavy atom. The first-order chi connectivity index (χ1) is 12.0. The summed E-state index contributed by atoms with van der Waals surface area (Å²) in [6, 6.07) is 11.4. The van der Waals surface area contributed by atoms with Crippen molar-refractivity contribution in [2.24, 2.45) is 0 Å². The highest BCUT2D eigenvalue weighted by Gasteiger charge is 2.23. The fourth-order valence-electron chi connectivity index (χ4n) is 2.44. The van der Waals surface area contributed by atoms with Crippen LogP contribution in [0.3, 0.4) is 0 Å². The Balaban J connectivity index is 1.79. The summed E-state index contributed by atoms with van der Waals surface area (Å²) in [6.07, 6.45) is 0. The van der Waals surface area contributed by atoms with Gasteiger partial charge in [0.15, 0.2) is 5.82 Å². The molecule has 0 bridgehead atoms. The molecule has 3 aromatic rings. The lowest BCUT2D eigenvalue weighted by molar-refractivity contribution is -0.115. The number of aromatic nitrogens is 2. The van der Waals surface area contributed by atoms with Crippen molar-refractivity contribution in [3.63, 3.8) is 0 Å². The smallest absolute Gasteiger partial charge is 0.243 e. The number of thioether (sulfide) groups is 1. The van der Waals surface area contributed by atoms with Crippen LogP contribution < -0.4 is 5.32 Å². The summed E-state index contributed by atoms with van der Waals surface area (Å²) in [6.45, 7) is 5.57. The lowest BCUT2D eigenvalue weighted by atomic mass is 10.1. The van der Waals surface area contributed by atoms with E-state index in [-0.39, 0.29) is 11.2 Å². The molecule has 1 amide bonds. The molecule has 0 spiro atoms. The second-order valence-corrected chi connectivity index (χ2v) is 6.81. The van der Waals surface area contributed by atoms with E-state index in [0.29, 0.717) is 17.3 Å². The van der Waals surface area contributed by atoms with E-state index < -0.39 is 0 Å². The molecular formula is C18H19N3O3S. The Morgan fingerprint density at radius 3 is 2.52 bits per heavy atom. The number of aryl methyl sites for hydroxylation is 3. The first-order valence-electron chi connectivity index (χ1n) is 7.87. The summed E-state index contributed by atoms with van der Waals surface area (Å²) in [7, 11) is 0. The number of nitrogens with zero attached hydrogens (tertiary/aromatic N) is 2. The zero-order valence-electron chi connectivity index (χ0n) is 14.3. The van der Waals surface area contributed by atoms with Crippen LogP contribution in [0.2, 0.25) is 0 Å². The van der Waals surface area contributed by atoms with Gasteiger partial charge in [-0.1, -0.05) is 40.6 Å². The van der Waals surface area contributed by atoms with E-state index in [2.05, 4.69) is 15.6 Å². The standard InChI is InChI=1S/C18H19N3O3S/c1-11-9-16(21-23-11)19-18(22)17(14-7-5-4-6-8-14)25-10-15-12(2)20-24-13(15)3/h4-9,17H,10H2,1-3H3,(H,19,21,22)/t17-/m0/s1. The number of benzene rings is 1. The molecule has 130 valence electrons. The molecule has 6 nitrogen and oxygen atoms in total. The third kappa shape index (κ3) is 4.11. The van der Waals surface area contributed by atoms with Crippen LogP contribution in [-0.4, -0.2) is 16.2 Å². The van der Waals surface area contributed by atoms with Gasteiger partial charge < -0.3 is 14.4 Å². The number of nitrogens with one attached hydrogen (secondary N) is 1. The predicted octanol–water partition coefficient (Wildman–Crippen LogP) is 4.20. The molecular weight excluding hydrogens is 338 g/mol. The van der Waals surface area contributed by atoms with Crippen molar-refractivity contribution in [2.45, 2.75) is 31.8 Å². The third-order valence-electron chi connectivity index (χ3n) is 3.80. The van der Waals surface area contributed by atoms with Gasteiger partial charge in [-0.2, -0.15) is 0 Å². The zero-order chi connectivity index (χ0) is 17.8. The van der Waals surface area contributed by atoms with Gasteiger partial charge in [-0.25, -0.2) is 0 Å². The van der Waals surface area contributed by atoms with E-state index >= 15 is 0 Å². The third-order valence-corrected chi connectivity index (χ3v) is 5.07. The number of carbonyl (C=O) groups excluding carboxylic acids is 1. The Bertz CT molecular complexity index is 838. The summed E-state index contributed by atoms with van der Waals surface area (Å²) in [5, 5.41) is 10.2. The monoisotopic (exact) mass is 357 g/mol. The minimum absolute atomic E-state index is 0.142. The highest BCUT2D eigenvalue weighted by molar-refractivity contribution is 7.99. The normalized spacial score (nSPS) is 12.1. The van der Waals surface area contributed by atoms with Crippen LogP contribution in [0.5, 0.6) is 0 Å². The summed E-state index contributed by atoms with van der Waals surface area (Å²) in [5.41, 5.74) is 2.80. The number of carbonyl (C=O) groups is 1. The second-order valence-electron chi connectivity index (χ2n) is 5.72. The van der Waals surface area contributed by atoms with Crippen LogP contribution >= 0.6 is 11.8 Å². The van der Waals surface area contributed by atoms with Gasteiger partial charge in [-0.05, 0) is 26.3 Å². The van der Waals surface area contributed by atoms with Crippen molar-refractivity contribution in [3.8, 4) is 0 Å². The summed E-state index contributed by atoms with van der Waals surface area (Å²) in [5.74, 6) is 2.34. The Labute approximate surface area is 150 Å². The molecule has 0 aliphatic rings. The topological polar surface area (TPSA) is 81.2 Å². The quantitative estimate of drug-likeness (QED) is 0.712. The van der Waals surface area contributed by atoms with Gasteiger partial charge in [0.25, 0.3) is 0 Å². The van der Waals surface area contributed by atoms with Crippen LogP contribution in [-0.2, 0) is 10.5 Å². The van der Waals surface area contributed by atoms with E-state index in [1.807, 2.05) is 44.2 Å². The summed E-state index contributed by atoms with van der Waals surface area (Å²) >= 11 is 1.52. The molecule has 1 aromatic carbocycles. The molecule has 0 saturated heterocycles. The largest absolute Gasteiger partial charge is 0.361 e. The number of hydrogen-bond donors (Lipinski definition) is 1. The van der Waals surface area contributed by atoms with Crippen molar-refractivity contribution in [1.82, 2.24) is 10.3 Å². The minimum atomic E-state index is -0.382. The lowest BCUT2D eigenvalue weighted by Gasteiger charge is -2.16. The van der Waals surface area contributed by atoms with Crippen LogP contribution in [0.4, 0.5) is 5.82 Å². The molecule has 0 radical (unpaired) electrons. The first-order valence-corrected chi connectivity index (χ1v) is 8.92. The molecule has 0 fully saturated rings. The number of amides is 1. The van der Waals surface area contributed by atoms with Crippen molar-refractivity contribution in [2.75, 3.05) is 5.32 Å². The average Bonchev–Trinajstić information content (AvgIpc) is 3.15. The van der Waals surface area contributed by atoms with Crippen molar-refractivity contribution in [1.29, 1.82) is 0 Å². The van der Waals surface area contributed by atoms with Gasteiger partial charge in [-0.3, -0.25) is 4.79 Å². The van der Waals surface area contributed by atoms with Crippen molar-refractivity contribution in [3.05, 3.63) is 64.7 Å². The molecule has 7 heteroatoms. The molecule has 0 aliphatic carbocycles. The van der Waals surface area contributed by atoms with Crippen LogP contribution in [0.15, 0.2) is 45.4 Å². The molecule has 0 saturated carbocycles. The highest BCUT2D eigenvalue weighted by Crippen LogP contribution is 2.34. The number of anilines is 1. The zero-order valence-corrected chi connectivity index (χ0v) is 15.1. The van der Waals surface area contributed by atoms with Gasteiger partial charge in [0.1, 0.15) is 16.8 Å². The van der Waals surface area contributed by atoms with E-state index in [4.69, 9.17) is 9.05 Å². The number of hydrogen-bond acceptors (Lipinski definition) is 6. The fraction of sp³-hybridized carbons (Fsp3) is 0.278. The molecule has 1 atom stereocenters. The molecule has 1 N–H and O–H groups in total. The maximum atomic E-state index is 12.8. The van der Waals surface area contributed by atoms with Crippen LogP contribution in [0.25, 0.3) is 0 Å². The molecule has 0 unspecified atom stereocenters. The second kappa shape index (κ2) is 7.57. The molecule has 3 rings (SSSR count). The molecule has 2 heterocycles. The van der Waals surface area contributed by atoms with E-state index in [1.165, 1.54) is 11.8 Å². The van der Waals surface area contributed by atoms with E-state index in [9.17, 15) is 4.79 Å². The van der Waals surface area contributed by atoms with Crippen LogP contribution in [0.1, 0.15) is 33.6 Å². The predicted molar refractivity (Wildman–Crippen MR) is 96.3 cm³/mol. The molecule has 2 aromatic heterocycles. The Morgan fingerprint density at radius 1 is 1.16 bits per heavy atom. The Hall–Kier alpha value is -2.54. The van der Waals surface area contributed by atoms with Gasteiger partial charge in [0.2, 0.25) is 5.91 Å². The number of rotatable bonds is 6. The maximum absolute atomic E-state index is 12.8. The summed E-state index contributed by atoms with van der Waals surface area (Å²) in [4.78, 5) is 12.8. The average molecular weight is 357 g/mol. The highest BCUT2D eigenvalue weighted by atomic mass is 32.2. The molecule has 0 aliphatic heterocycles. The first kappa shape index (κ1) is 17.3. The van der Waals surface area contributed by atoms with E-state index in [0.717, 1.165) is 22.6 Å². The maximum Gasteiger partial charge on any atom is 0.243 e.